The SMILES string of the molecule is OCCc1nc2ccccc2n1CCCOc1ccc2ccccc2c1. The summed E-state index contributed by atoms with van der Waals surface area (Å²) in [4.78, 5) is 4.64. The first kappa shape index (κ1) is 16.6. The van der Waals surface area contributed by atoms with Gasteiger partial charge in [-0.25, -0.2) is 4.98 Å². The van der Waals surface area contributed by atoms with E-state index < -0.39 is 0 Å². The van der Waals surface area contributed by atoms with Crippen molar-refractivity contribution in [1.82, 2.24) is 9.55 Å². The molecule has 1 heterocycles. The Morgan fingerprint density at radius 2 is 1.73 bits per heavy atom. The molecular weight excluding hydrogens is 324 g/mol. The lowest BCUT2D eigenvalue weighted by Gasteiger charge is -2.10. The molecule has 4 heteroatoms. The van der Waals surface area contributed by atoms with Gasteiger partial charge in [0.25, 0.3) is 0 Å². The Balaban J connectivity index is 1.42. The van der Waals surface area contributed by atoms with Crippen molar-refractivity contribution in [2.75, 3.05) is 13.2 Å². The van der Waals surface area contributed by atoms with Gasteiger partial charge in [0.15, 0.2) is 0 Å². The number of ether oxygens (including phenoxy) is 1. The van der Waals surface area contributed by atoms with Gasteiger partial charge in [0, 0.05) is 13.0 Å². The van der Waals surface area contributed by atoms with E-state index in [0.717, 1.165) is 35.6 Å². The fraction of sp³-hybridized carbons (Fsp3) is 0.227. The van der Waals surface area contributed by atoms with Crippen molar-refractivity contribution in [3.05, 3.63) is 72.6 Å². The molecule has 0 bridgehead atoms. The van der Waals surface area contributed by atoms with E-state index in [1.54, 1.807) is 0 Å². The Morgan fingerprint density at radius 3 is 2.62 bits per heavy atom. The van der Waals surface area contributed by atoms with Gasteiger partial charge < -0.3 is 14.4 Å². The number of aliphatic hydroxyl groups is 1. The van der Waals surface area contributed by atoms with Crippen molar-refractivity contribution in [2.45, 2.75) is 19.4 Å². The van der Waals surface area contributed by atoms with Gasteiger partial charge in [-0.15, -0.1) is 0 Å². The number of aryl methyl sites for hydroxylation is 1. The number of benzene rings is 3. The lowest BCUT2D eigenvalue weighted by Crippen LogP contribution is -2.09. The summed E-state index contributed by atoms with van der Waals surface area (Å²) in [7, 11) is 0. The molecule has 0 radical (unpaired) electrons. The lowest BCUT2D eigenvalue weighted by molar-refractivity contribution is 0.289. The quantitative estimate of drug-likeness (QED) is 0.510. The second kappa shape index (κ2) is 7.58. The van der Waals surface area contributed by atoms with E-state index in [9.17, 15) is 5.11 Å². The molecule has 0 amide bonds. The standard InChI is InChI=1S/C22H22N2O2/c25-14-12-22-23-20-8-3-4-9-21(20)24(22)13-5-15-26-19-11-10-17-6-1-2-7-18(17)16-19/h1-4,6-11,16,25H,5,12-15H2. The van der Waals surface area contributed by atoms with Crippen LogP contribution in [-0.2, 0) is 13.0 Å². The molecule has 1 N–H and O–H groups in total. The molecule has 4 aromatic rings. The summed E-state index contributed by atoms with van der Waals surface area (Å²) in [6.07, 6.45) is 1.45. The minimum atomic E-state index is 0.108. The van der Waals surface area contributed by atoms with Crippen LogP contribution in [0.15, 0.2) is 66.7 Å². The molecule has 0 atom stereocenters. The Kier molecular flexibility index (Phi) is 4.84. The predicted octanol–water partition coefficient (Wildman–Crippen LogP) is 4.19. The highest BCUT2D eigenvalue weighted by Crippen LogP contribution is 2.21. The molecule has 0 aliphatic rings. The lowest BCUT2D eigenvalue weighted by atomic mass is 10.1. The Hall–Kier alpha value is -2.85. The summed E-state index contributed by atoms with van der Waals surface area (Å²) in [6, 6.07) is 22.6. The summed E-state index contributed by atoms with van der Waals surface area (Å²) >= 11 is 0. The summed E-state index contributed by atoms with van der Waals surface area (Å²) in [5, 5.41) is 11.7. The smallest absolute Gasteiger partial charge is 0.119 e. The van der Waals surface area contributed by atoms with Crippen molar-refractivity contribution >= 4 is 21.8 Å². The van der Waals surface area contributed by atoms with Gasteiger partial charge in [0.05, 0.1) is 24.2 Å². The largest absolute Gasteiger partial charge is 0.494 e. The van der Waals surface area contributed by atoms with Gasteiger partial charge in [-0.3, -0.25) is 0 Å². The van der Waals surface area contributed by atoms with E-state index in [0.29, 0.717) is 13.0 Å². The van der Waals surface area contributed by atoms with Crippen LogP contribution in [0.1, 0.15) is 12.2 Å². The van der Waals surface area contributed by atoms with Crippen LogP contribution in [0.5, 0.6) is 5.75 Å². The van der Waals surface area contributed by atoms with Gasteiger partial charge in [0.2, 0.25) is 0 Å². The number of para-hydroxylation sites is 2. The van der Waals surface area contributed by atoms with E-state index in [-0.39, 0.29) is 6.61 Å². The van der Waals surface area contributed by atoms with Crippen LogP contribution < -0.4 is 4.74 Å². The molecule has 0 unspecified atom stereocenters. The summed E-state index contributed by atoms with van der Waals surface area (Å²) in [5.74, 6) is 1.83. The fourth-order valence-corrected chi connectivity index (χ4v) is 3.34. The number of aliphatic hydroxyl groups excluding tert-OH is 1. The van der Waals surface area contributed by atoms with Gasteiger partial charge in [-0.05, 0) is 41.5 Å². The van der Waals surface area contributed by atoms with Crippen molar-refractivity contribution in [3.63, 3.8) is 0 Å². The number of hydrogen-bond donors (Lipinski definition) is 1. The van der Waals surface area contributed by atoms with E-state index in [1.807, 2.05) is 36.4 Å². The van der Waals surface area contributed by atoms with Gasteiger partial charge >= 0.3 is 0 Å². The minimum Gasteiger partial charge on any atom is -0.494 e. The molecule has 132 valence electrons. The van der Waals surface area contributed by atoms with Crippen LogP contribution in [0.3, 0.4) is 0 Å². The molecule has 4 nitrogen and oxygen atoms in total. The Morgan fingerprint density at radius 1 is 0.923 bits per heavy atom. The molecule has 0 saturated carbocycles. The Labute approximate surface area is 152 Å². The van der Waals surface area contributed by atoms with E-state index in [4.69, 9.17) is 4.74 Å². The highest BCUT2D eigenvalue weighted by Gasteiger charge is 2.09. The van der Waals surface area contributed by atoms with Gasteiger partial charge in [-0.2, -0.15) is 0 Å². The van der Waals surface area contributed by atoms with Crippen LogP contribution in [0.4, 0.5) is 0 Å². The average Bonchev–Trinajstić information content (AvgIpc) is 3.03. The van der Waals surface area contributed by atoms with Crippen LogP contribution in [0.2, 0.25) is 0 Å². The molecule has 4 rings (SSSR count). The second-order valence-electron chi connectivity index (χ2n) is 6.35. The number of fused-ring (bicyclic) bond motifs is 2. The highest BCUT2D eigenvalue weighted by atomic mass is 16.5. The molecule has 3 aromatic carbocycles. The Bertz CT molecular complexity index is 1020. The molecule has 0 saturated heterocycles. The van der Waals surface area contributed by atoms with E-state index in [1.165, 1.54) is 10.8 Å². The van der Waals surface area contributed by atoms with Crippen molar-refractivity contribution < 1.29 is 9.84 Å². The number of nitrogens with zero attached hydrogens (tertiary/aromatic N) is 2. The number of aromatic nitrogens is 2. The average molecular weight is 346 g/mol. The zero-order valence-electron chi connectivity index (χ0n) is 14.6. The first-order chi connectivity index (χ1) is 12.8. The predicted molar refractivity (Wildman–Crippen MR) is 105 cm³/mol. The molecule has 26 heavy (non-hydrogen) atoms. The van der Waals surface area contributed by atoms with Crippen LogP contribution in [-0.4, -0.2) is 27.9 Å². The summed E-state index contributed by atoms with van der Waals surface area (Å²) in [6.45, 7) is 1.57. The van der Waals surface area contributed by atoms with E-state index >= 15 is 0 Å². The van der Waals surface area contributed by atoms with Crippen molar-refractivity contribution in [2.24, 2.45) is 0 Å². The first-order valence-electron chi connectivity index (χ1n) is 9.02. The summed E-state index contributed by atoms with van der Waals surface area (Å²) < 4.78 is 8.13. The maximum Gasteiger partial charge on any atom is 0.119 e. The third-order valence-electron chi connectivity index (χ3n) is 4.58. The van der Waals surface area contributed by atoms with Crippen LogP contribution in [0, 0.1) is 0 Å². The first-order valence-corrected chi connectivity index (χ1v) is 9.02. The van der Waals surface area contributed by atoms with Gasteiger partial charge in [0.1, 0.15) is 11.6 Å². The zero-order valence-corrected chi connectivity index (χ0v) is 14.6. The topological polar surface area (TPSA) is 47.3 Å². The minimum absolute atomic E-state index is 0.108. The summed E-state index contributed by atoms with van der Waals surface area (Å²) in [5.41, 5.74) is 2.09. The molecular formula is C22H22N2O2. The molecule has 1 aromatic heterocycles. The van der Waals surface area contributed by atoms with Crippen LogP contribution >= 0.6 is 0 Å². The number of rotatable bonds is 7. The number of imidazole rings is 1. The van der Waals surface area contributed by atoms with E-state index in [2.05, 4.69) is 39.9 Å². The molecule has 0 fully saturated rings. The third kappa shape index (κ3) is 3.41. The highest BCUT2D eigenvalue weighted by molar-refractivity contribution is 5.83. The maximum atomic E-state index is 9.30. The monoisotopic (exact) mass is 346 g/mol. The van der Waals surface area contributed by atoms with Crippen molar-refractivity contribution in [3.8, 4) is 5.75 Å². The zero-order chi connectivity index (χ0) is 17.8. The number of hydrogen-bond acceptors (Lipinski definition) is 3. The van der Waals surface area contributed by atoms with Crippen molar-refractivity contribution in [1.29, 1.82) is 0 Å². The maximum absolute atomic E-state index is 9.30. The third-order valence-corrected chi connectivity index (χ3v) is 4.58. The molecule has 0 aliphatic heterocycles. The fourth-order valence-electron chi connectivity index (χ4n) is 3.34. The van der Waals surface area contributed by atoms with Gasteiger partial charge in [-0.1, -0.05) is 42.5 Å². The normalized spacial score (nSPS) is 11.3. The molecule has 0 aliphatic carbocycles. The molecule has 0 spiro atoms. The van der Waals surface area contributed by atoms with Crippen LogP contribution in [0.25, 0.3) is 21.8 Å². The second-order valence-corrected chi connectivity index (χ2v) is 6.35.